The maximum atomic E-state index is 11.1. The molecular formula is C14H21NO3. The van der Waals surface area contributed by atoms with Crippen LogP contribution in [0.15, 0.2) is 12.1 Å². The molecule has 100 valence electrons. The Balaban J connectivity index is 3.41. The van der Waals surface area contributed by atoms with Crippen LogP contribution in [0.5, 0.6) is 5.75 Å². The predicted octanol–water partition coefficient (Wildman–Crippen LogP) is 2.13. The zero-order valence-electron chi connectivity index (χ0n) is 11.3. The molecule has 4 N–H and O–H groups in total. The number of aryl methyl sites for hydroxylation is 1. The molecular weight excluding hydrogens is 230 g/mol. The standard InChI is InChI=1S/C14H21NO3/c1-8-5-9(10(7-15)13(17)18)6-11(12(8)16)14(2,3)4/h5-6,10,16H,7,15H2,1-4H3,(H,17,18). The molecule has 4 nitrogen and oxygen atoms in total. The summed E-state index contributed by atoms with van der Waals surface area (Å²) in [6.07, 6.45) is 0. The van der Waals surface area contributed by atoms with Crippen molar-refractivity contribution in [2.45, 2.75) is 39.0 Å². The zero-order chi connectivity index (χ0) is 14.1. The number of aliphatic carboxylic acids is 1. The van der Waals surface area contributed by atoms with Crippen LogP contribution in [0.4, 0.5) is 0 Å². The quantitative estimate of drug-likeness (QED) is 0.768. The zero-order valence-corrected chi connectivity index (χ0v) is 11.3. The molecule has 1 atom stereocenters. The molecule has 0 fully saturated rings. The first-order valence-corrected chi connectivity index (χ1v) is 5.95. The Morgan fingerprint density at radius 3 is 2.33 bits per heavy atom. The number of hydrogen-bond donors (Lipinski definition) is 3. The summed E-state index contributed by atoms with van der Waals surface area (Å²) in [4.78, 5) is 11.1. The molecule has 0 saturated carbocycles. The van der Waals surface area contributed by atoms with Gasteiger partial charge in [-0.15, -0.1) is 0 Å². The van der Waals surface area contributed by atoms with E-state index >= 15 is 0 Å². The van der Waals surface area contributed by atoms with Gasteiger partial charge >= 0.3 is 5.97 Å². The van der Waals surface area contributed by atoms with Crippen LogP contribution in [0, 0.1) is 6.92 Å². The molecule has 0 saturated heterocycles. The fourth-order valence-corrected chi connectivity index (χ4v) is 1.96. The van der Waals surface area contributed by atoms with Crippen molar-refractivity contribution in [2.24, 2.45) is 5.73 Å². The van der Waals surface area contributed by atoms with Gasteiger partial charge < -0.3 is 15.9 Å². The third-order valence-electron chi connectivity index (χ3n) is 3.07. The van der Waals surface area contributed by atoms with Gasteiger partial charge in [0.2, 0.25) is 0 Å². The number of aromatic hydroxyl groups is 1. The maximum absolute atomic E-state index is 11.1. The number of rotatable bonds is 3. The Kier molecular flexibility index (Phi) is 4.02. The van der Waals surface area contributed by atoms with Gasteiger partial charge in [-0.25, -0.2) is 0 Å². The number of carboxylic acids is 1. The minimum Gasteiger partial charge on any atom is -0.507 e. The average molecular weight is 251 g/mol. The molecule has 0 heterocycles. The van der Waals surface area contributed by atoms with Crippen molar-refractivity contribution in [2.75, 3.05) is 6.54 Å². The van der Waals surface area contributed by atoms with Crippen LogP contribution >= 0.6 is 0 Å². The second-order valence-corrected chi connectivity index (χ2v) is 5.61. The SMILES string of the molecule is Cc1cc(C(CN)C(=O)O)cc(C(C)(C)C)c1O. The minimum atomic E-state index is -0.942. The molecule has 1 rings (SSSR count). The third kappa shape index (κ3) is 2.82. The molecule has 4 heteroatoms. The van der Waals surface area contributed by atoms with Crippen LogP contribution in [-0.2, 0) is 10.2 Å². The smallest absolute Gasteiger partial charge is 0.312 e. The molecule has 18 heavy (non-hydrogen) atoms. The van der Waals surface area contributed by atoms with Crippen LogP contribution in [0.2, 0.25) is 0 Å². The summed E-state index contributed by atoms with van der Waals surface area (Å²) >= 11 is 0. The average Bonchev–Trinajstić information content (AvgIpc) is 2.21. The van der Waals surface area contributed by atoms with E-state index in [4.69, 9.17) is 10.8 Å². The first kappa shape index (κ1) is 14.5. The van der Waals surface area contributed by atoms with E-state index in [1.807, 2.05) is 20.8 Å². The molecule has 0 aliphatic rings. The summed E-state index contributed by atoms with van der Waals surface area (Å²) in [6.45, 7) is 7.74. The molecule has 0 bridgehead atoms. The summed E-state index contributed by atoms with van der Waals surface area (Å²) in [5.41, 5.74) is 7.33. The maximum Gasteiger partial charge on any atom is 0.312 e. The number of nitrogens with two attached hydrogens (primary N) is 1. The Hall–Kier alpha value is -1.55. The lowest BCUT2D eigenvalue weighted by molar-refractivity contribution is -0.138. The third-order valence-corrected chi connectivity index (χ3v) is 3.07. The summed E-state index contributed by atoms with van der Waals surface area (Å²) < 4.78 is 0. The molecule has 0 amide bonds. The highest BCUT2D eigenvalue weighted by molar-refractivity contribution is 5.77. The van der Waals surface area contributed by atoms with E-state index in [9.17, 15) is 9.90 Å². The van der Waals surface area contributed by atoms with Crippen LogP contribution in [0.1, 0.15) is 43.4 Å². The minimum absolute atomic E-state index is 0.0448. The van der Waals surface area contributed by atoms with Crippen molar-refractivity contribution < 1.29 is 15.0 Å². The van der Waals surface area contributed by atoms with E-state index in [1.165, 1.54) is 0 Å². The lowest BCUT2D eigenvalue weighted by Gasteiger charge is -2.24. The van der Waals surface area contributed by atoms with Crippen molar-refractivity contribution in [3.8, 4) is 5.75 Å². The first-order valence-electron chi connectivity index (χ1n) is 5.95. The summed E-state index contributed by atoms with van der Waals surface area (Å²) in [6, 6.07) is 3.43. The molecule has 1 aromatic rings. The number of carbonyl (C=O) groups is 1. The van der Waals surface area contributed by atoms with Gasteiger partial charge in [-0.2, -0.15) is 0 Å². The van der Waals surface area contributed by atoms with Gasteiger partial charge in [0.15, 0.2) is 0 Å². The normalized spacial score (nSPS) is 13.4. The van der Waals surface area contributed by atoms with Crippen LogP contribution in [0.25, 0.3) is 0 Å². The largest absolute Gasteiger partial charge is 0.507 e. The van der Waals surface area contributed by atoms with Gasteiger partial charge in [0.1, 0.15) is 5.75 Å². The highest BCUT2D eigenvalue weighted by atomic mass is 16.4. The van der Waals surface area contributed by atoms with E-state index in [0.29, 0.717) is 11.1 Å². The van der Waals surface area contributed by atoms with E-state index in [2.05, 4.69) is 0 Å². The Labute approximate surface area is 107 Å². The molecule has 0 aromatic heterocycles. The summed E-state index contributed by atoms with van der Waals surface area (Å²) in [5, 5.41) is 19.2. The summed E-state index contributed by atoms with van der Waals surface area (Å²) in [5.74, 6) is -1.44. The molecule has 1 unspecified atom stereocenters. The Morgan fingerprint density at radius 2 is 1.94 bits per heavy atom. The van der Waals surface area contributed by atoms with Crippen molar-refractivity contribution in [1.29, 1.82) is 0 Å². The number of hydrogen-bond acceptors (Lipinski definition) is 3. The summed E-state index contributed by atoms with van der Waals surface area (Å²) in [7, 11) is 0. The van der Waals surface area contributed by atoms with E-state index in [1.54, 1.807) is 19.1 Å². The van der Waals surface area contributed by atoms with Crippen LogP contribution in [0.3, 0.4) is 0 Å². The molecule has 0 aliphatic carbocycles. The predicted molar refractivity (Wildman–Crippen MR) is 71.0 cm³/mol. The van der Waals surface area contributed by atoms with Gasteiger partial charge in [0.25, 0.3) is 0 Å². The molecule has 0 radical (unpaired) electrons. The van der Waals surface area contributed by atoms with Crippen molar-refractivity contribution in [1.82, 2.24) is 0 Å². The number of phenols is 1. The first-order chi connectivity index (χ1) is 8.18. The fraction of sp³-hybridized carbons (Fsp3) is 0.500. The van der Waals surface area contributed by atoms with Crippen LogP contribution in [-0.4, -0.2) is 22.7 Å². The molecule has 1 aromatic carbocycles. The Morgan fingerprint density at radius 1 is 1.39 bits per heavy atom. The Bertz CT molecular complexity index is 461. The second-order valence-electron chi connectivity index (χ2n) is 5.61. The highest BCUT2D eigenvalue weighted by Gasteiger charge is 2.24. The number of phenolic OH excluding ortho intramolecular Hbond substituents is 1. The van der Waals surface area contributed by atoms with Crippen molar-refractivity contribution >= 4 is 5.97 Å². The van der Waals surface area contributed by atoms with Crippen molar-refractivity contribution in [3.05, 3.63) is 28.8 Å². The highest BCUT2D eigenvalue weighted by Crippen LogP contribution is 2.35. The van der Waals surface area contributed by atoms with Crippen LogP contribution < -0.4 is 5.73 Å². The van der Waals surface area contributed by atoms with Gasteiger partial charge in [0, 0.05) is 6.54 Å². The van der Waals surface area contributed by atoms with E-state index in [-0.39, 0.29) is 17.7 Å². The van der Waals surface area contributed by atoms with E-state index in [0.717, 1.165) is 5.56 Å². The lowest BCUT2D eigenvalue weighted by Crippen LogP contribution is -2.22. The van der Waals surface area contributed by atoms with Gasteiger partial charge in [-0.05, 0) is 29.0 Å². The number of carboxylic acid groups (broad SMARTS) is 1. The topological polar surface area (TPSA) is 83.6 Å². The molecule has 0 spiro atoms. The van der Waals surface area contributed by atoms with Gasteiger partial charge in [-0.3, -0.25) is 4.79 Å². The number of benzene rings is 1. The van der Waals surface area contributed by atoms with Gasteiger partial charge in [0.05, 0.1) is 5.92 Å². The second kappa shape index (κ2) is 4.98. The fourth-order valence-electron chi connectivity index (χ4n) is 1.96. The lowest BCUT2D eigenvalue weighted by atomic mass is 9.82. The van der Waals surface area contributed by atoms with Gasteiger partial charge in [-0.1, -0.05) is 32.9 Å². The monoisotopic (exact) mass is 251 g/mol. The molecule has 0 aliphatic heterocycles. The van der Waals surface area contributed by atoms with E-state index < -0.39 is 11.9 Å². The van der Waals surface area contributed by atoms with Crippen molar-refractivity contribution in [3.63, 3.8) is 0 Å².